The van der Waals surface area contributed by atoms with Crippen molar-refractivity contribution in [1.29, 1.82) is 0 Å². The summed E-state index contributed by atoms with van der Waals surface area (Å²) in [6, 6.07) is 11.7. The van der Waals surface area contributed by atoms with Crippen LogP contribution in [-0.2, 0) is 6.54 Å². The van der Waals surface area contributed by atoms with Crippen molar-refractivity contribution < 1.29 is 5.21 Å². The second-order valence-electron chi connectivity index (χ2n) is 4.60. The fourth-order valence-corrected chi connectivity index (χ4v) is 3.12. The van der Waals surface area contributed by atoms with Gasteiger partial charge < -0.3 is 16.3 Å². The van der Waals surface area contributed by atoms with Crippen molar-refractivity contribution in [3.05, 3.63) is 62.0 Å². The summed E-state index contributed by atoms with van der Waals surface area (Å²) in [5, 5.41) is 15.1. The topological polar surface area (TPSA) is 70.6 Å². The predicted molar refractivity (Wildman–Crippen MR) is 92.9 cm³/mol. The third kappa shape index (κ3) is 3.98. The molecule has 0 saturated carbocycles. The molecule has 0 bridgehead atoms. The van der Waals surface area contributed by atoms with Gasteiger partial charge in [0.1, 0.15) is 0 Å². The third-order valence-electron chi connectivity index (χ3n) is 3.15. The molecule has 0 atom stereocenters. The second kappa shape index (κ2) is 6.95. The summed E-state index contributed by atoms with van der Waals surface area (Å²) in [5.74, 6) is 0.119. The maximum Gasteiger partial charge on any atom is 0.170 e. The minimum absolute atomic E-state index is 0.119. The number of aryl methyl sites for hydroxylation is 1. The largest absolute Gasteiger partial charge is 0.409 e. The Bertz CT molecular complexity index is 687. The number of nitrogens with one attached hydrogen (secondary N) is 1. The van der Waals surface area contributed by atoms with Crippen molar-refractivity contribution in [1.82, 2.24) is 0 Å². The van der Waals surface area contributed by atoms with Crippen LogP contribution in [0.15, 0.2) is 50.5 Å². The van der Waals surface area contributed by atoms with Gasteiger partial charge in [-0.15, -0.1) is 0 Å². The SMILES string of the molecule is Cc1cc(/C(N)=N/O)ccc1CNc1ccc(Br)cc1Br. The number of rotatable bonds is 4. The number of nitrogens with two attached hydrogens (primary N) is 1. The standard InChI is InChI=1S/C15H15Br2N3O/c1-9-6-10(15(18)20-21)2-3-11(9)8-19-14-5-4-12(16)7-13(14)17/h2-7,19,21H,8H2,1H3,(H2,18,20). The third-order valence-corrected chi connectivity index (χ3v) is 4.30. The molecule has 4 N–H and O–H groups in total. The van der Waals surface area contributed by atoms with Gasteiger partial charge in [-0.2, -0.15) is 0 Å². The first-order valence-corrected chi connectivity index (χ1v) is 7.86. The minimum Gasteiger partial charge on any atom is -0.409 e. The van der Waals surface area contributed by atoms with Crippen molar-refractivity contribution >= 4 is 43.4 Å². The van der Waals surface area contributed by atoms with Crippen LogP contribution in [0.2, 0.25) is 0 Å². The molecule has 0 aliphatic heterocycles. The summed E-state index contributed by atoms with van der Waals surface area (Å²) in [6.45, 7) is 2.70. The summed E-state index contributed by atoms with van der Waals surface area (Å²) in [5.41, 5.74) is 9.56. The fraction of sp³-hybridized carbons (Fsp3) is 0.133. The number of halogens is 2. The zero-order valence-corrected chi connectivity index (χ0v) is 14.6. The summed E-state index contributed by atoms with van der Waals surface area (Å²) in [7, 11) is 0. The number of oxime groups is 1. The highest BCUT2D eigenvalue weighted by Crippen LogP contribution is 2.26. The molecule has 21 heavy (non-hydrogen) atoms. The second-order valence-corrected chi connectivity index (χ2v) is 6.37. The highest BCUT2D eigenvalue weighted by Gasteiger charge is 2.05. The first kappa shape index (κ1) is 15.9. The van der Waals surface area contributed by atoms with Crippen LogP contribution >= 0.6 is 31.9 Å². The Balaban J connectivity index is 2.13. The normalized spacial score (nSPS) is 11.5. The lowest BCUT2D eigenvalue weighted by Crippen LogP contribution is -2.13. The first-order chi connectivity index (χ1) is 10.0. The molecule has 0 spiro atoms. The zero-order chi connectivity index (χ0) is 15.4. The van der Waals surface area contributed by atoms with E-state index in [0.29, 0.717) is 12.1 Å². The van der Waals surface area contributed by atoms with Gasteiger partial charge in [-0.25, -0.2) is 0 Å². The molecule has 0 aliphatic carbocycles. The molecule has 0 unspecified atom stereocenters. The lowest BCUT2D eigenvalue weighted by atomic mass is 10.0. The maximum atomic E-state index is 8.69. The first-order valence-electron chi connectivity index (χ1n) is 6.27. The number of nitrogens with zero attached hydrogens (tertiary/aromatic N) is 1. The summed E-state index contributed by atoms with van der Waals surface area (Å²) < 4.78 is 2.03. The molecule has 0 aliphatic rings. The Kier molecular flexibility index (Phi) is 5.25. The van der Waals surface area contributed by atoms with E-state index in [1.807, 2.05) is 43.3 Å². The molecule has 0 heterocycles. The Morgan fingerprint density at radius 2 is 2.00 bits per heavy atom. The van der Waals surface area contributed by atoms with E-state index in [-0.39, 0.29) is 5.84 Å². The summed E-state index contributed by atoms with van der Waals surface area (Å²) in [4.78, 5) is 0. The Morgan fingerprint density at radius 1 is 1.24 bits per heavy atom. The Labute approximate surface area is 140 Å². The number of benzene rings is 2. The molecule has 0 aromatic heterocycles. The average Bonchev–Trinajstić information content (AvgIpc) is 2.46. The van der Waals surface area contributed by atoms with Gasteiger partial charge in [0.15, 0.2) is 5.84 Å². The van der Waals surface area contributed by atoms with Crippen LogP contribution in [0, 0.1) is 6.92 Å². The molecule has 6 heteroatoms. The smallest absolute Gasteiger partial charge is 0.170 e. The van der Waals surface area contributed by atoms with Crippen LogP contribution in [0.25, 0.3) is 0 Å². The van der Waals surface area contributed by atoms with Crippen LogP contribution in [-0.4, -0.2) is 11.0 Å². The number of anilines is 1. The van der Waals surface area contributed by atoms with Crippen molar-refractivity contribution in [2.75, 3.05) is 5.32 Å². The summed E-state index contributed by atoms with van der Waals surface area (Å²) in [6.07, 6.45) is 0. The van der Waals surface area contributed by atoms with Crippen LogP contribution < -0.4 is 11.1 Å². The van der Waals surface area contributed by atoms with Crippen LogP contribution in [0.1, 0.15) is 16.7 Å². The van der Waals surface area contributed by atoms with Gasteiger partial charge in [-0.05, 0) is 58.2 Å². The fourth-order valence-electron chi connectivity index (χ4n) is 1.93. The van der Waals surface area contributed by atoms with E-state index < -0.39 is 0 Å². The lowest BCUT2D eigenvalue weighted by molar-refractivity contribution is 0.318. The van der Waals surface area contributed by atoms with E-state index in [1.165, 1.54) is 0 Å². The van der Waals surface area contributed by atoms with Gasteiger partial charge in [-0.3, -0.25) is 0 Å². The molecule has 2 aromatic carbocycles. The van der Waals surface area contributed by atoms with E-state index in [1.54, 1.807) is 0 Å². The van der Waals surface area contributed by atoms with E-state index in [9.17, 15) is 0 Å². The van der Waals surface area contributed by atoms with Gasteiger partial charge in [0, 0.05) is 26.7 Å². The van der Waals surface area contributed by atoms with E-state index in [2.05, 4.69) is 42.3 Å². The molecular formula is C15H15Br2N3O. The Morgan fingerprint density at radius 3 is 2.62 bits per heavy atom. The van der Waals surface area contributed by atoms with Gasteiger partial charge in [0.05, 0.1) is 0 Å². The number of amidine groups is 1. The van der Waals surface area contributed by atoms with Crippen molar-refractivity contribution in [3.63, 3.8) is 0 Å². The van der Waals surface area contributed by atoms with Crippen LogP contribution in [0.5, 0.6) is 0 Å². The molecular weight excluding hydrogens is 398 g/mol. The summed E-state index contributed by atoms with van der Waals surface area (Å²) >= 11 is 6.96. The number of hydrogen-bond donors (Lipinski definition) is 3. The van der Waals surface area contributed by atoms with E-state index in [0.717, 1.165) is 25.8 Å². The molecule has 0 saturated heterocycles. The van der Waals surface area contributed by atoms with Crippen LogP contribution in [0.3, 0.4) is 0 Å². The molecule has 110 valence electrons. The molecule has 4 nitrogen and oxygen atoms in total. The van der Waals surface area contributed by atoms with Gasteiger partial charge in [0.25, 0.3) is 0 Å². The highest BCUT2D eigenvalue weighted by molar-refractivity contribution is 9.11. The van der Waals surface area contributed by atoms with Crippen molar-refractivity contribution in [2.24, 2.45) is 10.9 Å². The van der Waals surface area contributed by atoms with Gasteiger partial charge in [0.2, 0.25) is 0 Å². The lowest BCUT2D eigenvalue weighted by Gasteiger charge is -2.12. The quantitative estimate of drug-likeness (QED) is 0.304. The van der Waals surface area contributed by atoms with Crippen LogP contribution in [0.4, 0.5) is 5.69 Å². The molecule has 0 fully saturated rings. The highest BCUT2D eigenvalue weighted by atomic mass is 79.9. The molecule has 0 amide bonds. The van der Waals surface area contributed by atoms with Gasteiger partial charge >= 0.3 is 0 Å². The number of hydrogen-bond acceptors (Lipinski definition) is 3. The monoisotopic (exact) mass is 411 g/mol. The van der Waals surface area contributed by atoms with E-state index >= 15 is 0 Å². The molecule has 0 radical (unpaired) electrons. The van der Waals surface area contributed by atoms with Crippen molar-refractivity contribution in [3.8, 4) is 0 Å². The predicted octanol–water partition coefficient (Wildman–Crippen LogP) is 4.23. The molecule has 2 rings (SSSR count). The van der Waals surface area contributed by atoms with E-state index in [4.69, 9.17) is 10.9 Å². The maximum absolute atomic E-state index is 8.69. The average molecular weight is 413 g/mol. The van der Waals surface area contributed by atoms with Gasteiger partial charge in [-0.1, -0.05) is 33.2 Å². The minimum atomic E-state index is 0.119. The molecule has 2 aromatic rings. The zero-order valence-electron chi connectivity index (χ0n) is 11.4. The Hall–Kier alpha value is -1.53. The van der Waals surface area contributed by atoms with Crippen molar-refractivity contribution in [2.45, 2.75) is 13.5 Å².